The van der Waals surface area contributed by atoms with Crippen LogP contribution in [0.4, 0.5) is 45.5 Å². The molecule has 28 aromatic rings. The summed E-state index contributed by atoms with van der Waals surface area (Å²) < 4.78 is 12.0. The van der Waals surface area contributed by atoms with E-state index in [0.29, 0.717) is 0 Å². The Kier molecular flexibility index (Phi) is 22.7. The molecule has 0 atom stereocenters. The van der Waals surface area contributed by atoms with E-state index in [1.165, 1.54) is 192 Å². The number of nitrogens with zero attached hydrogens (tertiary/aromatic N) is 9. The predicted molar refractivity (Wildman–Crippen MR) is 619 cm³/mol. The van der Waals surface area contributed by atoms with E-state index >= 15 is 0 Å². The van der Waals surface area contributed by atoms with E-state index in [1.54, 1.807) is 0 Å². The number of aromatic nitrogens is 5. The summed E-state index contributed by atoms with van der Waals surface area (Å²) in [5, 5.41) is 20.4. The van der Waals surface area contributed by atoms with E-state index in [0.717, 1.165) is 45.5 Å². The average molecular weight is 1860 g/mol. The molecular weight excluding hydrogens is 1760 g/mol. The molecule has 0 fully saturated rings. The molecule has 0 bridgehead atoms. The molecule has 145 heavy (non-hydrogen) atoms. The summed E-state index contributed by atoms with van der Waals surface area (Å²) >= 11 is 0. The molecule has 5 aromatic heterocycles. The Bertz CT molecular complexity index is 9390. The molecule has 0 saturated carbocycles. The van der Waals surface area contributed by atoms with Crippen LogP contribution in [0, 0.1) is 0 Å². The minimum absolute atomic E-state index is 1.15. The minimum atomic E-state index is 1.15. The fourth-order valence-electron chi connectivity index (χ4n) is 21.8. The van der Waals surface area contributed by atoms with Crippen molar-refractivity contribution < 1.29 is 0 Å². The predicted octanol–water partition coefficient (Wildman–Crippen LogP) is 36.1. The van der Waals surface area contributed by atoms with Gasteiger partial charge in [-0.15, -0.1) is 0 Å². The highest BCUT2D eigenvalue weighted by molar-refractivity contribution is 6.22. The minimum Gasteiger partial charge on any atom is -0.345 e. The van der Waals surface area contributed by atoms with Gasteiger partial charge in [0.1, 0.15) is 0 Å². The maximum atomic E-state index is 2.42. The van der Waals surface area contributed by atoms with Crippen LogP contribution in [0.15, 0.2) is 540 Å². The van der Waals surface area contributed by atoms with E-state index < -0.39 is 0 Å². The summed E-state index contributed by atoms with van der Waals surface area (Å²) in [5.41, 5.74) is 32.4. The molecule has 690 valence electrons. The van der Waals surface area contributed by atoms with Gasteiger partial charge in [0, 0.05) is 172 Å². The summed E-state index contributed by atoms with van der Waals surface area (Å²) in [6.07, 6.45) is 0. The summed E-state index contributed by atoms with van der Waals surface area (Å²) in [6, 6.07) is 193. The third kappa shape index (κ3) is 16.0. The van der Waals surface area contributed by atoms with Gasteiger partial charge in [0.25, 0.3) is 0 Å². The molecule has 0 aliphatic rings. The van der Waals surface area contributed by atoms with Gasteiger partial charge < -0.3 is 42.4 Å². The summed E-state index contributed by atoms with van der Waals surface area (Å²) in [7, 11) is 8.52. The first-order valence-electron chi connectivity index (χ1n) is 49.7. The molecule has 0 spiro atoms. The maximum absolute atomic E-state index is 2.42. The second-order valence-electron chi connectivity index (χ2n) is 37.3. The summed E-state index contributed by atoms with van der Waals surface area (Å²) in [4.78, 5) is 8.98. The van der Waals surface area contributed by atoms with Gasteiger partial charge in [-0.25, -0.2) is 0 Å². The van der Waals surface area contributed by atoms with E-state index in [9.17, 15) is 0 Å². The zero-order chi connectivity index (χ0) is 97.0. The first-order valence-corrected chi connectivity index (χ1v) is 49.7. The zero-order valence-electron chi connectivity index (χ0n) is 80.9. The first kappa shape index (κ1) is 87.5. The van der Waals surface area contributed by atoms with Crippen LogP contribution < -0.4 is 19.6 Å². The fraction of sp³-hybridized carbons (Fsp3) is 0.0294. The van der Waals surface area contributed by atoms with Crippen molar-refractivity contribution in [2.24, 2.45) is 0 Å². The number of fused-ring (bicyclic) bond motifs is 21. The Morgan fingerprint density at radius 1 is 0.124 bits per heavy atom. The van der Waals surface area contributed by atoms with Crippen molar-refractivity contribution in [2.75, 3.05) is 47.8 Å². The van der Waals surface area contributed by atoms with Crippen molar-refractivity contribution in [2.45, 2.75) is 0 Å². The lowest BCUT2D eigenvalue weighted by Crippen LogP contribution is -2.09. The molecule has 9 nitrogen and oxygen atoms in total. The monoisotopic (exact) mass is 1860 g/mol. The lowest BCUT2D eigenvalue weighted by atomic mass is 10.0. The largest absolute Gasteiger partial charge is 0.345 e. The Labute approximate surface area is 842 Å². The molecule has 5 heterocycles. The van der Waals surface area contributed by atoms with Crippen molar-refractivity contribution in [3.63, 3.8) is 0 Å². The van der Waals surface area contributed by atoms with Gasteiger partial charge >= 0.3 is 0 Å². The number of benzene rings is 23. The molecule has 0 aliphatic carbocycles. The highest BCUT2D eigenvalue weighted by atomic mass is 15.1. The van der Waals surface area contributed by atoms with Gasteiger partial charge in [-0.2, -0.15) is 0 Å². The van der Waals surface area contributed by atoms with Crippen molar-refractivity contribution in [3.05, 3.63) is 540 Å². The van der Waals surface area contributed by atoms with Crippen LogP contribution >= 0.6 is 0 Å². The quantitative estimate of drug-likeness (QED) is 0.103. The Morgan fingerprint density at radius 3 is 0.634 bits per heavy atom. The summed E-state index contributed by atoms with van der Waals surface area (Å²) in [5.74, 6) is 0. The van der Waals surface area contributed by atoms with Crippen LogP contribution in [-0.2, 0) is 0 Å². The fourth-order valence-corrected chi connectivity index (χ4v) is 21.8. The van der Waals surface area contributed by atoms with E-state index in [2.05, 4.69) is 611 Å². The molecule has 0 radical (unpaired) electrons. The number of rotatable bonds is 15. The third-order valence-electron chi connectivity index (χ3n) is 29.1. The standard InChI is InChI=1S/C37H27N3.2C35H26N2.C29H22N2/c1-38(26-18-22-28(23-19-26)39-34-14-6-2-10-30(34)31-11-3-7-15-35(31)39)27-20-24-29(25-21-27)40-36-16-8-4-12-32(36)33-13-5-9-17-37(33)40;1-36(28-19-16-26(17-20-28)25-10-4-2-5-11-25)30-21-23-32-33-22-18-27-12-8-9-15-31(27)35(33)37(34(32)24-30)29-13-6-3-7-14-29;1-36(28-18-15-26(16-19-28)25-9-3-2-4-10-25)29-20-22-30(23-21-29)37-34-14-8-7-13-32(34)33-24-17-27-11-5-6-12-31(27)35(33)37;1-30(22-11-4-2-5-12-22)24-17-19-26-27-18-16-21-10-8-9-15-25(21)29(27)31(28(26)20-24)23-13-6-3-7-14-23/h2-25H,1H3;2*2-24H,1H3;2-20H,1H3. The Balaban J connectivity index is 0.000000101. The topological polar surface area (TPSA) is 37.6 Å². The smallest absolute Gasteiger partial charge is 0.0619 e. The second kappa shape index (κ2) is 37.7. The van der Waals surface area contributed by atoms with Gasteiger partial charge in [0.2, 0.25) is 0 Å². The number of hydrogen-bond donors (Lipinski definition) is 0. The third-order valence-corrected chi connectivity index (χ3v) is 29.1. The van der Waals surface area contributed by atoms with Gasteiger partial charge in [-0.3, -0.25) is 0 Å². The molecule has 0 saturated heterocycles. The van der Waals surface area contributed by atoms with Crippen molar-refractivity contribution in [3.8, 4) is 50.7 Å². The van der Waals surface area contributed by atoms with Gasteiger partial charge in [0.05, 0.1) is 55.2 Å². The van der Waals surface area contributed by atoms with Crippen LogP contribution in [0.5, 0.6) is 0 Å². The van der Waals surface area contributed by atoms with Crippen LogP contribution in [0.3, 0.4) is 0 Å². The van der Waals surface area contributed by atoms with Crippen LogP contribution in [0.1, 0.15) is 0 Å². The molecule has 9 heteroatoms. The zero-order valence-corrected chi connectivity index (χ0v) is 80.9. The highest BCUT2D eigenvalue weighted by Gasteiger charge is 2.24. The molecule has 0 unspecified atom stereocenters. The van der Waals surface area contributed by atoms with Crippen molar-refractivity contribution >= 4 is 187 Å². The van der Waals surface area contributed by atoms with E-state index in [4.69, 9.17) is 0 Å². The van der Waals surface area contributed by atoms with Crippen molar-refractivity contribution in [1.82, 2.24) is 22.8 Å². The van der Waals surface area contributed by atoms with Crippen LogP contribution in [-0.4, -0.2) is 51.0 Å². The maximum Gasteiger partial charge on any atom is 0.0619 e. The average Bonchev–Trinajstić information content (AvgIpc) is 1.59. The molecule has 0 amide bonds. The van der Waals surface area contributed by atoms with Gasteiger partial charge in [0.15, 0.2) is 0 Å². The lowest BCUT2D eigenvalue weighted by molar-refractivity contribution is 1.15. The number of para-hydroxylation sites is 8. The van der Waals surface area contributed by atoms with Crippen molar-refractivity contribution in [1.29, 1.82) is 0 Å². The highest BCUT2D eigenvalue weighted by Crippen LogP contribution is 2.46. The van der Waals surface area contributed by atoms with Crippen LogP contribution in [0.2, 0.25) is 0 Å². The number of hydrogen-bond acceptors (Lipinski definition) is 4. The van der Waals surface area contributed by atoms with Gasteiger partial charge in [-0.1, -0.05) is 352 Å². The second-order valence-corrected chi connectivity index (χ2v) is 37.3. The molecule has 0 aliphatic heterocycles. The molecular formula is C136H101N9. The SMILES string of the molecule is CN(c1ccc(-c2ccccc2)cc1)c1ccc(-n2c3ccccc3c3ccc4ccccc4c32)cc1.CN(c1ccc(-c2ccccc2)cc1)c1ccc2c3ccc4ccccc4c3n(-c3ccccc3)c2c1.CN(c1ccc(-n2c3ccccc3c3ccccc32)cc1)c1ccc(-n2c3ccccc3c3ccccc32)cc1.CN(c1ccccc1)c1ccc2c3ccc4ccccc4c3n(-c3ccccc3)c2c1. The summed E-state index contributed by atoms with van der Waals surface area (Å²) in [6.45, 7) is 0. The molecule has 0 N–H and O–H groups in total. The van der Waals surface area contributed by atoms with Crippen LogP contribution in [0.25, 0.3) is 192 Å². The molecule has 28 rings (SSSR count). The van der Waals surface area contributed by atoms with Gasteiger partial charge in [-0.05, 0) is 226 Å². The normalized spacial score (nSPS) is 11.4. The van der Waals surface area contributed by atoms with E-state index in [-0.39, 0.29) is 0 Å². The first-order chi connectivity index (χ1) is 71.6. The van der Waals surface area contributed by atoms with E-state index in [1.807, 2.05) is 0 Å². The Hall–Kier alpha value is -19.0. The number of anilines is 8. The lowest BCUT2D eigenvalue weighted by Gasteiger charge is -2.21. The Morgan fingerprint density at radius 2 is 0.317 bits per heavy atom. The molecule has 23 aromatic carbocycles.